The second-order valence-electron chi connectivity index (χ2n) is 6.59. The molecule has 7 heteroatoms. The van der Waals surface area contributed by atoms with Crippen molar-refractivity contribution < 1.29 is 4.74 Å². The standard InChI is InChI=1S/C19H28N6O/c1-4-26-18-16(6-5-8-22-18)12-23-19(20-3)24-10-7-15(2)17(13-24)25-11-9-21-14-25/h5-6,8-9,11,14-15,17H,4,7,10,12-13H2,1-3H3,(H,20,23). The molecule has 2 aromatic heterocycles. The Morgan fingerprint density at radius 3 is 3.04 bits per heavy atom. The average molecular weight is 356 g/mol. The van der Waals surface area contributed by atoms with Crippen LogP contribution < -0.4 is 10.1 Å². The molecule has 0 radical (unpaired) electrons. The van der Waals surface area contributed by atoms with Gasteiger partial charge in [-0.2, -0.15) is 0 Å². The van der Waals surface area contributed by atoms with E-state index in [1.165, 1.54) is 0 Å². The minimum absolute atomic E-state index is 0.405. The van der Waals surface area contributed by atoms with Gasteiger partial charge in [0, 0.05) is 50.8 Å². The van der Waals surface area contributed by atoms with E-state index in [9.17, 15) is 0 Å². The Labute approximate surface area is 155 Å². The van der Waals surface area contributed by atoms with Crippen molar-refractivity contribution in [3.05, 3.63) is 42.6 Å². The number of ether oxygens (including phenoxy) is 1. The number of pyridine rings is 1. The highest BCUT2D eigenvalue weighted by molar-refractivity contribution is 5.80. The SMILES string of the molecule is CCOc1ncccc1CNC(=NC)N1CCC(C)C(n2ccnc2)C1. The molecule has 7 nitrogen and oxygen atoms in total. The molecule has 0 aromatic carbocycles. The summed E-state index contributed by atoms with van der Waals surface area (Å²) in [5, 5.41) is 3.47. The van der Waals surface area contributed by atoms with Crippen LogP contribution in [-0.4, -0.2) is 52.1 Å². The Hall–Kier alpha value is -2.57. The quantitative estimate of drug-likeness (QED) is 0.658. The molecule has 140 valence electrons. The lowest BCUT2D eigenvalue weighted by Gasteiger charge is -2.39. The first-order chi connectivity index (χ1) is 12.7. The molecule has 1 saturated heterocycles. The predicted octanol–water partition coefficient (Wildman–Crippen LogP) is 2.34. The third-order valence-electron chi connectivity index (χ3n) is 4.91. The topological polar surface area (TPSA) is 67.6 Å². The van der Waals surface area contributed by atoms with E-state index in [1.807, 2.05) is 44.8 Å². The van der Waals surface area contributed by atoms with E-state index in [-0.39, 0.29) is 0 Å². The third-order valence-corrected chi connectivity index (χ3v) is 4.91. The molecule has 0 aliphatic carbocycles. The van der Waals surface area contributed by atoms with Gasteiger partial charge in [0.15, 0.2) is 5.96 Å². The van der Waals surface area contributed by atoms with Gasteiger partial charge in [-0.05, 0) is 25.3 Å². The smallest absolute Gasteiger partial charge is 0.218 e. The van der Waals surface area contributed by atoms with Crippen molar-refractivity contribution in [1.29, 1.82) is 0 Å². The number of hydrogen-bond donors (Lipinski definition) is 1. The molecule has 1 fully saturated rings. The van der Waals surface area contributed by atoms with Crippen molar-refractivity contribution in [2.75, 3.05) is 26.7 Å². The molecule has 2 aromatic rings. The number of nitrogens with one attached hydrogen (secondary N) is 1. The third kappa shape index (κ3) is 4.15. The van der Waals surface area contributed by atoms with Crippen LogP contribution in [0.4, 0.5) is 0 Å². The van der Waals surface area contributed by atoms with Crippen molar-refractivity contribution in [1.82, 2.24) is 24.8 Å². The minimum Gasteiger partial charge on any atom is -0.478 e. The zero-order chi connectivity index (χ0) is 18.4. The molecule has 0 bridgehead atoms. The first kappa shape index (κ1) is 18.2. The molecular weight excluding hydrogens is 328 g/mol. The summed E-state index contributed by atoms with van der Waals surface area (Å²) in [5.74, 6) is 2.20. The number of nitrogens with zero attached hydrogens (tertiary/aromatic N) is 5. The molecule has 0 saturated carbocycles. The van der Waals surface area contributed by atoms with Crippen LogP contribution in [0.5, 0.6) is 5.88 Å². The van der Waals surface area contributed by atoms with Crippen LogP contribution in [0.25, 0.3) is 0 Å². The monoisotopic (exact) mass is 356 g/mol. The summed E-state index contributed by atoms with van der Waals surface area (Å²) >= 11 is 0. The van der Waals surface area contributed by atoms with Crippen LogP contribution in [-0.2, 0) is 6.54 Å². The van der Waals surface area contributed by atoms with E-state index >= 15 is 0 Å². The summed E-state index contributed by atoms with van der Waals surface area (Å²) in [6.07, 6.45) is 8.68. The van der Waals surface area contributed by atoms with Gasteiger partial charge < -0.3 is 19.5 Å². The van der Waals surface area contributed by atoms with E-state index in [1.54, 1.807) is 6.20 Å². The molecular formula is C19H28N6O. The molecule has 2 atom stereocenters. The van der Waals surface area contributed by atoms with E-state index in [4.69, 9.17) is 4.74 Å². The zero-order valence-corrected chi connectivity index (χ0v) is 15.8. The molecule has 26 heavy (non-hydrogen) atoms. The fourth-order valence-corrected chi connectivity index (χ4v) is 3.43. The van der Waals surface area contributed by atoms with Crippen LogP contribution in [0.3, 0.4) is 0 Å². The predicted molar refractivity (Wildman–Crippen MR) is 102 cm³/mol. The number of rotatable bonds is 5. The molecule has 1 N–H and O–H groups in total. The molecule has 0 amide bonds. The first-order valence-corrected chi connectivity index (χ1v) is 9.22. The fourth-order valence-electron chi connectivity index (χ4n) is 3.43. The van der Waals surface area contributed by atoms with Gasteiger partial charge in [-0.15, -0.1) is 0 Å². The van der Waals surface area contributed by atoms with Crippen LogP contribution in [0, 0.1) is 5.92 Å². The van der Waals surface area contributed by atoms with E-state index in [0.717, 1.165) is 31.0 Å². The normalized spacial score (nSPS) is 20.9. The summed E-state index contributed by atoms with van der Waals surface area (Å²) in [7, 11) is 1.83. The lowest BCUT2D eigenvalue weighted by Crippen LogP contribution is -2.48. The van der Waals surface area contributed by atoms with Gasteiger partial charge in [0.25, 0.3) is 0 Å². The summed E-state index contributed by atoms with van der Waals surface area (Å²) in [6, 6.07) is 4.37. The van der Waals surface area contributed by atoms with Crippen molar-refractivity contribution in [3.63, 3.8) is 0 Å². The van der Waals surface area contributed by atoms with Crippen molar-refractivity contribution >= 4 is 5.96 Å². The largest absolute Gasteiger partial charge is 0.478 e. The lowest BCUT2D eigenvalue weighted by molar-refractivity contribution is 0.189. The molecule has 0 spiro atoms. The average Bonchev–Trinajstić information content (AvgIpc) is 3.19. The van der Waals surface area contributed by atoms with Gasteiger partial charge in [-0.25, -0.2) is 9.97 Å². The van der Waals surface area contributed by atoms with Crippen molar-refractivity contribution in [2.45, 2.75) is 32.9 Å². The number of imidazole rings is 1. The number of aromatic nitrogens is 3. The highest BCUT2D eigenvalue weighted by Crippen LogP contribution is 2.27. The highest BCUT2D eigenvalue weighted by atomic mass is 16.5. The highest BCUT2D eigenvalue weighted by Gasteiger charge is 2.28. The number of guanidine groups is 1. The Bertz CT molecular complexity index is 715. The number of hydrogen-bond acceptors (Lipinski definition) is 4. The van der Waals surface area contributed by atoms with Crippen LogP contribution >= 0.6 is 0 Å². The van der Waals surface area contributed by atoms with Gasteiger partial charge in [-0.3, -0.25) is 4.99 Å². The molecule has 1 aliphatic rings. The lowest BCUT2D eigenvalue weighted by atomic mass is 9.93. The maximum atomic E-state index is 5.61. The number of piperidine rings is 1. The molecule has 3 rings (SSSR count). The van der Waals surface area contributed by atoms with Gasteiger partial charge in [-0.1, -0.05) is 13.0 Å². The van der Waals surface area contributed by atoms with Crippen LogP contribution in [0.2, 0.25) is 0 Å². The van der Waals surface area contributed by atoms with E-state index < -0.39 is 0 Å². The van der Waals surface area contributed by atoms with Crippen molar-refractivity contribution in [3.8, 4) is 5.88 Å². The van der Waals surface area contributed by atoms with Crippen molar-refractivity contribution in [2.24, 2.45) is 10.9 Å². The minimum atomic E-state index is 0.405. The Balaban J connectivity index is 1.66. The first-order valence-electron chi connectivity index (χ1n) is 9.22. The second-order valence-corrected chi connectivity index (χ2v) is 6.59. The van der Waals surface area contributed by atoms with E-state index in [2.05, 4.69) is 36.7 Å². The van der Waals surface area contributed by atoms with Gasteiger partial charge in [0.05, 0.1) is 19.0 Å². The molecule has 2 unspecified atom stereocenters. The molecule has 1 aliphatic heterocycles. The summed E-state index contributed by atoms with van der Waals surface area (Å²) in [5.41, 5.74) is 1.03. The van der Waals surface area contributed by atoms with E-state index in [0.29, 0.717) is 31.0 Å². The van der Waals surface area contributed by atoms with Gasteiger partial charge >= 0.3 is 0 Å². The van der Waals surface area contributed by atoms with Gasteiger partial charge in [0.1, 0.15) is 0 Å². The Morgan fingerprint density at radius 1 is 1.42 bits per heavy atom. The second kappa shape index (κ2) is 8.69. The van der Waals surface area contributed by atoms with Crippen LogP contribution in [0.15, 0.2) is 42.0 Å². The molecule has 3 heterocycles. The fraction of sp³-hybridized carbons (Fsp3) is 0.526. The Morgan fingerprint density at radius 2 is 2.31 bits per heavy atom. The number of aliphatic imine (C=N–C) groups is 1. The zero-order valence-electron chi connectivity index (χ0n) is 15.8. The summed E-state index contributed by atoms with van der Waals surface area (Å²) < 4.78 is 7.82. The number of likely N-dealkylation sites (tertiary alicyclic amines) is 1. The Kier molecular flexibility index (Phi) is 6.09. The maximum absolute atomic E-state index is 5.61. The summed E-state index contributed by atoms with van der Waals surface area (Å²) in [6.45, 7) is 7.44. The van der Waals surface area contributed by atoms with Gasteiger partial charge in [0.2, 0.25) is 5.88 Å². The maximum Gasteiger partial charge on any atom is 0.218 e. The summed E-state index contributed by atoms with van der Waals surface area (Å²) in [4.78, 5) is 15.3. The van der Waals surface area contributed by atoms with Crippen LogP contribution in [0.1, 0.15) is 31.9 Å².